The van der Waals surface area contributed by atoms with Crippen molar-refractivity contribution in [2.45, 2.75) is 6.54 Å². The molecule has 2 heterocycles. The summed E-state index contributed by atoms with van der Waals surface area (Å²) in [6.45, 7) is 0.408. The second-order valence-corrected chi connectivity index (χ2v) is 6.50. The second-order valence-electron chi connectivity index (χ2n) is 5.47. The Bertz CT molecular complexity index is 975. The Hall–Kier alpha value is -3.12. The lowest BCUT2D eigenvalue weighted by Gasteiger charge is -2.10. The highest BCUT2D eigenvalue weighted by Gasteiger charge is 2.12. The van der Waals surface area contributed by atoms with E-state index in [0.29, 0.717) is 6.54 Å². The van der Waals surface area contributed by atoms with Crippen LogP contribution in [0.3, 0.4) is 0 Å². The third-order valence-corrected chi connectivity index (χ3v) is 4.80. The van der Waals surface area contributed by atoms with Crippen molar-refractivity contribution < 1.29 is 9.21 Å². The molecule has 0 radical (unpaired) electrons. The fourth-order valence-electron chi connectivity index (χ4n) is 2.51. The first kappa shape index (κ1) is 15.4. The molecule has 2 aromatic carbocycles. The van der Waals surface area contributed by atoms with Crippen molar-refractivity contribution in [2.75, 3.05) is 5.32 Å². The first-order chi connectivity index (χ1) is 12.3. The van der Waals surface area contributed by atoms with E-state index in [1.165, 1.54) is 0 Å². The number of urea groups is 1. The van der Waals surface area contributed by atoms with E-state index < -0.39 is 0 Å². The molecule has 0 aliphatic carbocycles. The van der Waals surface area contributed by atoms with Gasteiger partial charge in [-0.25, -0.2) is 9.78 Å². The normalized spacial score (nSPS) is 10.7. The smallest absolute Gasteiger partial charge is 0.319 e. The Kier molecular flexibility index (Phi) is 4.18. The first-order valence-electron chi connectivity index (χ1n) is 7.80. The minimum atomic E-state index is -0.269. The molecular formula is C19H15N3O2S. The van der Waals surface area contributed by atoms with Crippen molar-refractivity contribution in [3.63, 3.8) is 0 Å². The Morgan fingerprint density at radius 2 is 1.92 bits per heavy atom. The Morgan fingerprint density at radius 1 is 1.08 bits per heavy atom. The molecule has 2 aromatic heterocycles. The van der Waals surface area contributed by atoms with Gasteiger partial charge in [-0.1, -0.05) is 24.3 Å². The van der Waals surface area contributed by atoms with Crippen molar-refractivity contribution in [1.82, 2.24) is 10.3 Å². The summed E-state index contributed by atoms with van der Waals surface area (Å²) in [5.74, 6) is 0. The summed E-state index contributed by atoms with van der Waals surface area (Å²) in [5, 5.41) is 6.59. The quantitative estimate of drug-likeness (QED) is 0.552. The molecule has 0 spiro atoms. The lowest BCUT2D eigenvalue weighted by atomic mass is 10.2. The molecule has 0 unspecified atom stereocenters. The van der Waals surface area contributed by atoms with Gasteiger partial charge in [0.05, 0.1) is 28.4 Å². The molecule has 0 atom stereocenters. The highest BCUT2D eigenvalue weighted by atomic mass is 32.1. The molecule has 4 aromatic rings. The Balaban J connectivity index is 1.55. The SMILES string of the molecule is O=C(NCc1ccoc1)Nc1ccccc1-c1nc2ccccc2s1. The number of hydrogen-bond donors (Lipinski definition) is 2. The number of fused-ring (bicyclic) bond motifs is 1. The van der Waals surface area contributed by atoms with Gasteiger partial charge >= 0.3 is 6.03 Å². The summed E-state index contributed by atoms with van der Waals surface area (Å²) < 4.78 is 6.11. The van der Waals surface area contributed by atoms with Crippen LogP contribution in [0, 0.1) is 0 Å². The molecule has 0 fully saturated rings. The van der Waals surface area contributed by atoms with Gasteiger partial charge in [0.25, 0.3) is 0 Å². The number of aromatic nitrogens is 1. The second kappa shape index (κ2) is 6.78. The van der Waals surface area contributed by atoms with E-state index >= 15 is 0 Å². The monoisotopic (exact) mass is 349 g/mol. The average molecular weight is 349 g/mol. The van der Waals surface area contributed by atoms with Gasteiger partial charge in [0.2, 0.25) is 0 Å². The van der Waals surface area contributed by atoms with E-state index in [2.05, 4.69) is 15.6 Å². The van der Waals surface area contributed by atoms with Crippen LogP contribution in [-0.4, -0.2) is 11.0 Å². The number of carbonyl (C=O) groups excluding carboxylic acids is 1. The Morgan fingerprint density at radius 3 is 2.76 bits per heavy atom. The number of furan rings is 1. The summed E-state index contributed by atoms with van der Waals surface area (Å²) in [6.07, 6.45) is 3.19. The van der Waals surface area contributed by atoms with Crippen molar-refractivity contribution in [3.8, 4) is 10.6 Å². The number of thiazole rings is 1. The van der Waals surface area contributed by atoms with E-state index in [4.69, 9.17) is 4.42 Å². The number of nitrogens with zero attached hydrogens (tertiary/aromatic N) is 1. The summed E-state index contributed by atoms with van der Waals surface area (Å²) in [4.78, 5) is 16.9. The summed E-state index contributed by atoms with van der Waals surface area (Å²) in [5.41, 5.74) is 3.50. The fourth-order valence-corrected chi connectivity index (χ4v) is 3.51. The standard InChI is InChI=1S/C19H15N3O2S/c23-19(20-11-13-9-10-24-12-13)22-15-6-2-1-5-14(15)18-21-16-7-3-4-8-17(16)25-18/h1-10,12H,11H2,(H2,20,22,23). The van der Waals surface area contributed by atoms with Crippen molar-refractivity contribution in [2.24, 2.45) is 0 Å². The van der Waals surface area contributed by atoms with E-state index in [9.17, 15) is 4.79 Å². The van der Waals surface area contributed by atoms with Gasteiger partial charge in [-0.2, -0.15) is 0 Å². The zero-order valence-corrected chi connectivity index (χ0v) is 14.0. The lowest BCUT2D eigenvalue weighted by molar-refractivity contribution is 0.251. The van der Waals surface area contributed by atoms with E-state index in [0.717, 1.165) is 32.0 Å². The van der Waals surface area contributed by atoms with E-state index in [-0.39, 0.29) is 6.03 Å². The van der Waals surface area contributed by atoms with Crippen molar-refractivity contribution >= 4 is 33.3 Å². The van der Waals surface area contributed by atoms with Gasteiger partial charge in [-0.05, 0) is 30.3 Å². The highest BCUT2D eigenvalue weighted by molar-refractivity contribution is 7.21. The molecule has 4 rings (SSSR count). The molecule has 5 nitrogen and oxygen atoms in total. The van der Waals surface area contributed by atoms with Crippen LogP contribution < -0.4 is 10.6 Å². The number of rotatable bonds is 4. The topological polar surface area (TPSA) is 67.2 Å². The fraction of sp³-hybridized carbons (Fsp3) is 0.0526. The zero-order chi connectivity index (χ0) is 17.1. The van der Waals surface area contributed by atoms with Crippen LogP contribution in [0.2, 0.25) is 0 Å². The number of amides is 2. The van der Waals surface area contributed by atoms with Gasteiger partial charge in [0, 0.05) is 17.7 Å². The number of anilines is 1. The average Bonchev–Trinajstić information content (AvgIpc) is 3.30. The molecule has 124 valence electrons. The van der Waals surface area contributed by atoms with Crippen molar-refractivity contribution in [1.29, 1.82) is 0 Å². The maximum Gasteiger partial charge on any atom is 0.319 e. The predicted octanol–water partition coefficient (Wildman–Crippen LogP) is 4.88. The minimum Gasteiger partial charge on any atom is -0.472 e. The van der Waals surface area contributed by atoms with Crippen LogP contribution in [-0.2, 0) is 6.54 Å². The van der Waals surface area contributed by atoms with E-state index in [1.54, 1.807) is 23.9 Å². The number of para-hydroxylation sites is 2. The first-order valence-corrected chi connectivity index (χ1v) is 8.62. The number of hydrogen-bond acceptors (Lipinski definition) is 4. The van der Waals surface area contributed by atoms with Gasteiger partial charge < -0.3 is 15.1 Å². The van der Waals surface area contributed by atoms with Gasteiger partial charge in [-0.15, -0.1) is 11.3 Å². The highest BCUT2D eigenvalue weighted by Crippen LogP contribution is 2.34. The van der Waals surface area contributed by atoms with Crippen LogP contribution >= 0.6 is 11.3 Å². The molecule has 0 saturated heterocycles. The maximum atomic E-state index is 12.2. The molecule has 25 heavy (non-hydrogen) atoms. The zero-order valence-electron chi connectivity index (χ0n) is 13.2. The third-order valence-electron chi connectivity index (χ3n) is 3.73. The van der Waals surface area contributed by atoms with Crippen LogP contribution in [0.15, 0.2) is 71.5 Å². The number of nitrogens with one attached hydrogen (secondary N) is 2. The maximum absolute atomic E-state index is 12.2. The number of carbonyl (C=O) groups is 1. The molecular weight excluding hydrogens is 334 g/mol. The van der Waals surface area contributed by atoms with Crippen LogP contribution in [0.5, 0.6) is 0 Å². The van der Waals surface area contributed by atoms with Crippen LogP contribution in [0.1, 0.15) is 5.56 Å². The molecule has 2 amide bonds. The third kappa shape index (κ3) is 3.39. The molecule has 2 N–H and O–H groups in total. The van der Waals surface area contributed by atoms with Crippen LogP contribution in [0.4, 0.5) is 10.5 Å². The Labute approximate surface area is 148 Å². The van der Waals surface area contributed by atoms with E-state index in [1.807, 2.05) is 54.6 Å². The summed E-state index contributed by atoms with van der Waals surface area (Å²) in [7, 11) is 0. The molecule has 0 bridgehead atoms. The van der Waals surface area contributed by atoms with Gasteiger partial charge in [-0.3, -0.25) is 0 Å². The van der Waals surface area contributed by atoms with Crippen LogP contribution in [0.25, 0.3) is 20.8 Å². The molecule has 0 saturated carbocycles. The minimum absolute atomic E-state index is 0.269. The summed E-state index contributed by atoms with van der Waals surface area (Å²) in [6, 6.07) is 17.2. The molecule has 6 heteroatoms. The largest absolute Gasteiger partial charge is 0.472 e. The molecule has 0 aliphatic heterocycles. The van der Waals surface area contributed by atoms with Gasteiger partial charge in [0.1, 0.15) is 5.01 Å². The van der Waals surface area contributed by atoms with Crippen molar-refractivity contribution in [3.05, 3.63) is 72.7 Å². The summed E-state index contributed by atoms with van der Waals surface area (Å²) >= 11 is 1.61. The number of benzene rings is 2. The van der Waals surface area contributed by atoms with Gasteiger partial charge in [0.15, 0.2) is 0 Å². The predicted molar refractivity (Wildman–Crippen MR) is 99.6 cm³/mol. The molecule has 0 aliphatic rings. The lowest BCUT2D eigenvalue weighted by Crippen LogP contribution is -2.28.